The van der Waals surface area contributed by atoms with E-state index >= 15 is 0 Å². The fraction of sp³-hybridized carbons (Fsp3) is 0.333. The fourth-order valence-corrected chi connectivity index (χ4v) is 5.69. The molecule has 0 spiro atoms. The number of aryl methyl sites for hydroxylation is 1. The van der Waals surface area contributed by atoms with Gasteiger partial charge in [0.1, 0.15) is 18.3 Å². The number of rotatable bonds is 12. The number of methoxy groups -OCH3 is 1. The smallest absolute Gasteiger partial charge is 0.264 e. The highest BCUT2D eigenvalue weighted by Crippen LogP contribution is 2.32. The van der Waals surface area contributed by atoms with Crippen LogP contribution in [-0.4, -0.2) is 51.4 Å². The Hall–Kier alpha value is -3.56. The van der Waals surface area contributed by atoms with Gasteiger partial charge >= 0.3 is 0 Å². The molecule has 0 saturated heterocycles. The summed E-state index contributed by atoms with van der Waals surface area (Å²) >= 11 is 6.19. The molecule has 0 aliphatic rings. The highest BCUT2D eigenvalue weighted by Gasteiger charge is 2.33. The van der Waals surface area contributed by atoms with Gasteiger partial charge in [0.05, 0.1) is 17.7 Å². The van der Waals surface area contributed by atoms with Gasteiger partial charge in [0.25, 0.3) is 10.0 Å². The zero-order valence-corrected chi connectivity index (χ0v) is 25.0. The van der Waals surface area contributed by atoms with Crippen molar-refractivity contribution in [2.75, 3.05) is 24.5 Å². The van der Waals surface area contributed by atoms with Gasteiger partial charge in [-0.25, -0.2) is 8.42 Å². The van der Waals surface area contributed by atoms with E-state index in [4.69, 9.17) is 16.3 Å². The van der Waals surface area contributed by atoms with E-state index in [1.54, 1.807) is 67.6 Å². The normalized spacial score (nSPS) is 12.1. The molecular weight excluding hydrogens is 550 g/mol. The first-order valence-corrected chi connectivity index (χ1v) is 14.8. The average Bonchev–Trinajstić information content (AvgIpc) is 2.93. The number of para-hydroxylation sites is 2. The molecule has 1 atom stereocenters. The van der Waals surface area contributed by atoms with E-state index in [2.05, 4.69) is 5.32 Å². The standard InChI is InChI=1S/C30H36ClN3O5S/c1-21(2)18-32-30(36)23(4)33(19-24-9-8-10-25(31)17-24)29(35)20-34(27-11-6-7-12-28(27)39-5)40(37,38)26-15-13-22(3)14-16-26/h6-17,21,23H,18-20H2,1-5H3,(H,32,36). The molecular formula is C30H36ClN3O5S. The highest BCUT2D eigenvalue weighted by atomic mass is 35.5. The van der Waals surface area contributed by atoms with E-state index in [0.29, 0.717) is 17.1 Å². The Kier molecular flexibility index (Phi) is 10.6. The lowest BCUT2D eigenvalue weighted by Gasteiger charge is -2.32. The lowest BCUT2D eigenvalue weighted by Crippen LogP contribution is -2.51. The van der Waals surface area contributed by atoms with Crippen molar-refractivity contribution < 1.29 is 22.7 Å². The number of carbonyl (C=O) groups excluding carboxylic acids is 2. The van der Waals surface area contributed by atoms with Crippen LogP contribution in [-0.2, 0) is 26.2 Å². The summed E-state index contributed by atoms with van der Waals surface area (Å²) < 4.78 is 34.4. The van der Waals surface area contributed by atoms with Gasteiger partial charge < -0.3 is 15.0 Å². The summed E-state index contributed by atoms with van der Waals surface area (Å²) in [5, 5.41) is 3.35. The molecule has 1 unspecified atom stereocenters. The van der Waals surface area contributed by atoms with Crippen molar-refractivity contribution in [3.63, 3.8) is 0 Å². The molecule has 1 N–H and O–H groups in total. The van der Waals surface area contributed by atoms with Crippen LogP contribution in [0.2, 0.25) is 5.02 Å². The van der Waals surface area contributed by atoms with E-state index in [9.17, 15) is 18.0 Å². The Bertz CT molecular complexity index is 1430. The van der Waals surface area contributed by atoms with Gasteiger partial charge in [0, 0.05) is 18.1 Å². The van der Waals surface area contributed by atoms with Gasteiger partial charge in [-0.15, -0.1) is 0 Å². The van der Waals surface area contributed by atoms with Crippen molar-refractivity contribution in [2.24, 2.45) is 5.92 Å². The van der Waals surface area contributed by atoms with Crippen molar-refractivity contribution >= 4 is 39.1 Å². The van der Waals surface area contributed by atoms with E-state index in [0.717, 1.165) is 9.87 Å². The van der Waals surface area contributed by atoms with Crippen LogP contribution >= 0.6 is 11.6 Å². The fourth-order valence-electron chi connectivity index (χ4n) is 4.05. The summed E-state index contributed by atoms with van der Waals surface area (Å²) in [6, 6.07) is 19.1. The molecule has 0 aliphatic heterocycles. The molecule has 214 valence electrons. The zero-order valence-electron chi connectivity index (χ0n) is 23.4. The summed E-state index contributed by atoms with van der Waals surface area (Å²) in [6.07, 6.45) is 0. The van der Waals surface area contributed by atoms with E-state index in [1.807, 2.05) is 20.8 Å². The third kappa shape index (κ3) is 7.76. The summed E-state index contributed by atoms with van der Waals surface area (Å²) in [5.74, 6) is -0.396. The van der Waals surface area contributed by atoms with Crippen LogP contribution in [0.4, 0.5) is 5.69 Å². The highest BCUT2D eigenvalue weighted by molar-refractivity contribution is 7.92. The topological polar surface area (TPSA) is 96.0 Å². The lowest BCUT2D eigenvalue weighted by molar-refractivity contribution is -0.139. The largest absolute Gasteiger partial charge is 0.495 e. The minimum Gasteiger partial charge on any atom is -0.495 e. The molecule has 8 nitrogen and oxygen atoms in total. The number of ether oxygens (including phenoxy) is 1. The number of carbonyl (C=O) groups is 2. The van der Waals surface area contributed by atoms with Gasteiger partial charge in [-0.05, 0) is 61.7 Å². The minimum absolute atomic E-state index is 0.0286. The molecule has 0 radical (unpaired) electrons. The third-order valence-electron chi connectivity index (χ3n) is 6.34. The van der Waals surface area contributed by atoms with Gasteiger partial charge in [-0.1, -0.05) is 67.4 Å². The number of amides is 2. The van der Waals surface area contributed by atoms with Gasteiger partial charge in [0.2, 0.25) is 11.8 Å². The van der Waals surface area contributed by atoms with Crippen LogP contribution in [0, 0.1) is 12.8 Å². The molecule has 3 rings (SSSR count). The molecule has 3 aromatic rings. The Labute approximate surface area is 241 Å². The van der Waals surface area contributed by atoms with Crippen molar-refractivity contribution in [3.05, 3.63) is 88.9 Å². The Morgan fingerprint density at radius 2 is 1.65 bits per heavy atom. The second-order valence-corrected chi connectivity index (χ2v) is 12.3. The summed E-state index contributed by atoms with van der Waals surface area (Å²) in [5.41, 5.74) is 1.81. The predicted octanol–water partition coefficient (Wildman–Crippen LogP) is 5.04. The van der Waals surface area contributed by atoms with Crippen molar-refractivity contribution in [1.29, 1.82) is 0 Å². The summed E-state index contributed by atoms with van der Waals surface area (Å²) in [6.45, 7) is 7.37. The van der Waals surface area contributed by atoms with Crippen molar-refractivity contribution in [1.82, 2.24) is 10.2 Å². The predicted molar refractivity (Wildman–Crippen MR) is 158 cm³/mol. The number of nitrogens with one attached hydrogen (secondary N) is 1. The molecule has 0 fully saturated rings. The van der Waals surface area contributed by atoms with Crippen molar-refractivity contribution in [2.45, 2.75) is 45.2 Å². The second kappa shape index (κ2) is 13.7. The van der Waals surface area contributed by atoms with Crippen LogP contribution in [0.1, 0.15) is 31.9 Å². The number of nitrogens with zero attached hydrogens (tertiary/aromatic N) is 2. The molecule has 0 bridgehead atoms. The quantitative estimate of drug-likeness (QED) is 0.321. The number of sulfonamides is 1. The first kappa shape index (κ1) is 31.0. The molecule has 10 heteroatoms. The summed E-state index contributed by atoms with van der Waals surface area (Å²) in [4.78, 5) is 28.5. The maximum atomic E-state index is 14.0. The van der Waals surface area contributed by atoms with Crippen LogP contribution in [0.3, 0.4) is 0 Å². The maximum Gasteiger partial charge on any atom is 0.264 e. The molecule has 0 aromatic heterocycles. The van der Waals surface area contributed by atoms with Gasteiger partial charge in [-0.2, -0.15) is 0 Å². The van der Waals surface area contributed by atoms with E-state index in [-0.39, 0.29) is 34.7 Å². The zero-order chi connectivity index (χ0) is 29.4. The van der Waals surface area contributed by atoms with Gasteiger partial charge in [-0.3, -0.25) is 13.9 Å². The molecule has 40 heavy (non-hydrogen) atoms. The monoisotopic (exact) mass is 585 g/mol. The number of halogens is 1. The van der Waals surface area contributed by atoms with Crippen LogP contribution < -0.4 is 14.4 Å². The molecule has 2 amide bonds. The van der Waals surface area contributed by atoms with E-state index in [1.165, 1.54) is 24.1 Å². The number of hydrogen-bond acceptors (Lipinski definition) is 5. The molecule has 0 heterocycles. The number of benzene rings is 3. The number of anilines is 1. The first-order chi connectivity index (χ1) is 18.9. The van der Waals surface area contributed by atoms with Crippen LogP contribution in [0.5, 0.6) is 5.75 Å². The second-order valence-electron chi connectivity index (χ2n) is 9.96. The Morgan fingerprint density at radius 1 is 0.975 bits per heavy atom. The van der Waals surface area contributed by atoms with Gasteiger partial charge in [0.15, 0.2) is 0 Å². The third-order valence-corrected chi connectivity index (χ3v) is 8.34. The molecule has 0 aliphatic carbocycles. The van der Waals surface area contributed by atoms with Crippen LogP contribution in [0.25, 0.3) is 0 Å². The lowest BCUT2D eigenvalue weighted by atomic mass is 10.1. The van der Waals surface area contributed by atoms with Crippen molar-refractivity contribution in [3.8, 4) is 5.75 Å². The number of hydrogen-bond donors (Lipinski definition) is 1. The molecule has 3 aromatic carbocycles. The first-order valence-electron chi connectivity index (χ1n) is 13.0. The van der Waals surface area contributed by atoms with Crippen LogP contribution in [0.15, 0.2) is 77.7 Å². The average molecular weight is 586 g/mol. The molecule has 0 saturated carbocycles. The Balaban J connectivity index is 2.05. The maximum absolute atomic E-state index is 14.0. The minimum atomic E-state index is -4.19. The Morgan fingerprint density at radius 3 is 2.27 bits per heavy atom. The summed E-state index contributed by atoms with van der Waals surface area (Å²) in [7, 11) is -2.76. The SMILES string of the molecule is COc1ccccc1N(CC(=O)N(Cc1cccc(Cl)c1)C(C)C(=O)NCC(C)C)S(=O)(=O)c1ccc(C)cc1. The van der Waals surface area contributed by atoms with E-state index < -0.39 is 28.5 Å².